The van der Waals surface area contributed by atoms with Crippen LogP contribution in [-0.4, -0.2) is 24.7 Å². The number of carbonyl (C=O) groups excluding carboxylic acids is 1. The molecular formula is C13H15N5O. The summed E-state index contributed by atoms with van der Waals surface area (Å²) in [7, 11) is 3.85. The molecule has 0 spiro atoms. The summed E-state index contributed by atoms with van der Waals surface area (Å²) in [6, 6.07) is 1.98. The Labute approximate surface area is 110 Å². The predicted molar refractivity (Wildman–Crippen MR) is 70.7 cm³/mol. The molecule has 0 aliphatic carbocycles. The maximum absolute atomic E-state index is 12.2. The van der Waals surface area contributed by atoms with Crippen LogP contribution in [0.1, 0.15) is 15.9 Å². The van der Waals surface area contributed by atoms with E-state index >= 15 is 0 Å². The average Bonchev–Trinajstić information content (AvgIpc) is 3.05. The first-order chi connectivity index (χ1) is 9.15. The van der Waals surface area contributed by atoms with Crippen LogP contribution in [0.4, 0.5) is 0 Å². The van der Waals surface area contributed by atoms with E-state index in [4.69, 9.17) is 0 Å². The molecule has 0 bridgehead atoms. The van der Waals surface area contributed by atoms with E-state index in [9.17, 15) is 4.79 Å². The SMILES string of the molecule is Cn1ccc(CNC(=O)c2cnn3ccn(C)c23)c1. The molecule has 6 heteroatoms. The molecule has 19 heavy (non-hydrogen) atoms. The third-order valence-corrected chi connectivity index (χ3v) is 3.13. The molecule has 0 radical (unpaired) electrons. The van der Waals surface area contributed by atoms with E-state index in [0.29, 0.717) is 12.1 Å². The van der Waals surface area contributed by atoms with Crippen molar-refractivity contribution in [3.05, 3.63) is 48.2 Å². The summed E-state index contributed by atoms with van der Waals surface area (Å²) in [6.45, 7) is 0.515. The lowest BCUT2D eigenvalue weighted by molar-refractivity contribution is 0.0952. The third kappa shape index (κ3) is 2.01. The van der Waals surface area contributed by atoms with E-state index in [-0.39, 0.29) is 5.91 Å². The first-order valence-corrected chi connectivity index (χ1v) is 6.03. The van der Waals surface area contributed by atoms with Crippen molar-refractivity contribution < 1.29 is 4.79 Å². The molecule has 1 amide bonds. The largest absolute Gasteiger partial charge is 0.357 e. The molecule has 0 aromatic carbocycles. The fraction of sp³-hybridized carbons (Fsp3) is 0.231. The highest BCUT2D eigenvalue weighted by atomic mass is 16.1. The Kier molecular flexibility index (Phi) is 2.63. The monoisotopic (exact) mass is 257 g/mol. The zero-order valence-electron chi connectivity index (χ0n) is 10.9. The lowest BCUT2D eigenvalue weighted by Crippen LogP contribution is -2.22. The zero-order chi connectivity index (χ0) is 13.4. The first kappa shape index (κ1) is 11.6. The molecule has 0 fully saturated rings. The van der Waals surface area contributed by atoms with Crippen molar-refractivity contribution in [3.63, 3.8) is 0 Å². The van der Waals surface area contributed by atoms with Gasteiger partial charge in [-0.05, 0) is 11.6 Å². The Morgan fingerprint density at radius 2 is 2.16 bits per heavy atom. The second-order valence-electron chi connectivity index (χ2n) is 4.60. The molecule has 98 valence electrons. The highest BCUT2D eigenvalue weighted by molar-refractivity contribution is 5.99. The summed E-state index contributed by atoms with van der Waals surface area (Å²) in [6.07, 6.45) is 9.22. The van der Waals surface area contributed by atoms with Crippen LogP contribution in [-0.2, 0) is 20.6 Å². The van der Waals surface area contributed by atoms with E-state index < -0.39 is 0 Å². The standard InChI is InChI=1S/C13H15N5O/c1-16-4-3-10(9-16)7-14-12(19)11-8-15-18-6-5-17(2)13(11)18/h3-6,8-9H,7H2,1-2H3,(H,14,19). The quantitative estimate of drug-likeness (QED) is 0.759. The Morgan fingerprint density at radius 1 is 1.32 bits per heavy atom. The third-order valence-electron chi connectivity index (χ3n) is 3.13. The molecule has 6 nitrogen and oxygen atoms in total. The van der Waals surface area contributed by atoms with Gasteiger partial charge < -0.3 is 14.5 Å². The van der Waals surface area contributed by atoms with Crippen molar-refractivity contribution in [1.29, 1.82) is 0 Å². The van der Waals surface area contributed by atoms with Crippen LogP contribution in [0.5, 0.6) is 0 Å². The van der Waals surface area contributed by atoms with Gasteiger partial charge in [0.15, 0.2) is 0 Å². The van der Waals surface area contributed by atoms with Gasteiger partial charge >= 0.3 is 0 Å². The van der Waals surface area contributed by atoms with Gasteiger partial charge in [-0.15, -0.1) is 0 Å². The zero-order valence-corrected chi connectivity index (χ0v) is 10.9. The predicted octanol–water partition coefficient (Wildman–Crippen LogP) is 0.941. The number of nitrogens with one attached hydrogen (secondary N) is 1. The minimum absolute atomic E-state index is 0.111. The molecule has 3 heterocycles. The van der Waals surface area contributed by atoms with Crippen molar-refractivity contribution in [1.82, 2.24) is 24.1 Å². The van der Waals surface area contributed by atoms with Crippen LogP contribution in [0.15, 0.2) is 37.1 Å². The van der Waals surface area contributed by atoms with Gasteiger partial charge in [0.1, 0.15) is 11.2 Å². The first-order valence-electron chi connectivity index (χ1n) is 6.03. The van der Waals surface area contributed by atoms with E-state index in [1.165, 1.54) is 0 Å². The number of amides is 1. The summed E-state index contributed by atoms with van der Waals surface area (Å²) in [5.74, 6) is -0.111. The molecule has 0 atom stereocenters. The molecule has 3 aromatic heterocycles. The van der Waals surface area contributed by atoms with Crippen LogP contribution >= 0.6 is 0 Å². The summed E-state index contributed by atoms with van der Waals surface area (Å²) in [5.41, 5.74) is 2.46. The van der Waals surface area contributed by atoms with E-state index in [1.54, 1.807) is 10.7 Å². The van der Waals surface area contributed by atoms with Gasteiger partial charge in [-0.25, -0.2) is 4.52 Å². The Hall–Kier alpha value is -2.50. The normalized spacial score (nSPS) is 11.1. The smallest absolute Gasteiger partial charge is 0.256 e. The van der Waals surface area contributed by atoms with Crippen LogP contribution in [0.25, 0.3) is 5.65 Å². The molecule has 3 aromatic rings. The van der Waals surface area contributed by atoms with Gasteiger partial charge in [-0.1, -0.05) is 0 Å². The van der Waals surface area contributed by atoms with Gasteiger partial charge in [0.2, 0.25) is 0 Å². The Bertz CT molecular complexity index is 733. The number of aryl methyl sites for hydroxylation is 2. The number of fused-ring (bicyclic) bond motifs is 1. The van der Waals surface area contributed by atoms with Crippen LogP contribution in [0.2, 0.25) is 0 Å². The number of imidazole rings is 1. The van der Waals surface area contributed by atoms with E-state index in [1.807, 2.05) is 54.1 Å². The van der Waals surface area contributed by atoms with Gasteiger partial charge in [0.05, 0.1) is 6.20 Å². The highest BCUT2D eigenvalue weighted by Gasteiger charge is 2.14. The summed E-state index contributed by atoms with van der Waals surface area (Å²) >= 11 is 0. The van der Waals surface area contributed by atoms with E-state index in [0.717, 1.165) is 11.2 Å². The van der Waals surface area contributed by atoms with Crippen molar-refractivity contribution in [2.45, 2.75) is 6.54 Å². The van der Waals surface area contributed by atoms with Crippen LogP contribution < -0.4 is 5.32 Å². The molecular weight excluding hydrogens is 242 g/mol. The minimum atomic E-state index is -0.111. The number of nitrogens with zero attached hydrogens (tertiary/aromatic N) is 4. The maximum atomic E-state index is 12.2. The molecule has 0 saturated carbocycles. The van der Waals surface area contributed by atoms with Gasteiger partial charge in [0.25, 0.3) is 5.91 Å². The molecule has 3 rings (SSSR count). The van der Waals surface area contributed by atoms with Crippen molar-refractivity contribution >= 4 is 11.6 Å². The topological polar surface area (TPSA) is 56.3 Å². The molecule has 0 aliphatic heterocycles. The number of rotatable bonds is 3. The molecule has 0 aliphatic rings. The lowest BCUT2D eigenvalue weighted by Gasteiger charge is -2.02. The lowest BCUT2D eigenvalue weighted by atomic mass is 10.3. The molecule has 0 saturated heterocycles. The number of carbonyl (C=O) groups is 1. The van der Waals surface area contributed by atoms with Gasteiger partial charge in [-0.3, -0.25) is 4.79 Å². The Morgan fingerprint density at radius 3 is 2.89 bits per heavy atom. The second kappa shape index (κ2) is 4.31. The summed E-state index contributed by atoms with van der Waals surface area (Å²) < 4.78 is 5.53. The molecule has 0 unspecified atom stereocenters. The Balaban J connectivity index is 1.78. The van der Waals surface area contributed by atoms with Gasteiger partial charge in [-0.2, -0.15) is 5.10 Å². The second-order valence-corrected chi connectivity index (χ2v) is 4.60. The highest BCUT2D eigenvalue weighted by Crippen LogP contribution is 2.10. The van der Waals surface area contributed by atoms with Crippen molar-refractivity contribution in [2.75, 3.05) is 0 Å². The van der Waals surface area contributed by atoms with Crippen molar-refractivity contribution in [3.8, 4) is 0 Å². The number of aromatic nitrogens is 4. The average molecular weight is 257 g/mol. The van der Waals surface area contributed by atoms with Crippen molar-refractivity contribution in [2.24, 2.45) is 14.1 Å². The van der Waals surface area contributed by atoms with Crippen LogP contribution in [0.3, 0.4) is 0 Å². The molecule has 1 N–H and O–H groups in total. The number of hydrogen-bond acceptors (Lipinski definition) is 2. The van der Waals surface area contributed by atoms with E-state index in [2.05, 4.69) is 10.4 Å². The fourth-order valence-electron chi connectivity index (χ4n) is 2.15. The minimum Gasteiger partial charge on any atom is -0.357 e. The number of hydrogen-bond donors (Lipinski definition) is 1. The summed E-state index contributed by atoms with van der Waals surface area (Å²) in [4.78, 5) is 12.2. The van der Waals surface area contributed by atoms with Gasteiger partial charge in [0, 0.05) is 45.4 Å². The van der Waals surface area contributed by atoms with Crippen LogP contribution in [0, 0.1) is 0 Å². The fourth-order valence-corrected chi connectivity index (χ4v) is 2.15. The maximum Gasteiger partial charge on any atom is 0.256 e. The summed E-state index contributed by atoms with van der Waals surface area (Å²) in [5, 5.41) is 7.06.